The zero-order valence-corrected chi connectivity index (χ0v) is 20.2. The summed E-state index contributed by atoms with van der Waals surface area (Å²) in [6.07, 6.45) is 1.05. The topological polar surface area (TPSA) is 91.8 Å². The highest BCUT2D eigenvalue weighted by Crippen LogP contribution is 2.26. The number of carbonyl (C=O) groups is 1. The van der Waals surface area contributed by atoms with Gasteiger partial charge in [0.05, 0.1) is 21.2 Å². The Bertz CT molecular complexity index is 1430. The molecule has 0 heterocycles. The van der Waals surface area contributed by atoms with Crippen LogP contribution in [0.4, 0.5) is 15.8 Å². The Morgan fingerprint density at radius 2 is 1.52 bits per heavy atom. The maximum absolute atomic E-state index is 14.2. The van der Waals surface area contributed by atoms with E-state index in [9.17, 15) is 26.0 Å². The lowest BCUT2D eigenvalue weighted by molar-refractivity contribution is 0.0992. The van der Waals surface area contributed by atoms with Gasteiger partial charge in [0.15, 0.2) is 9.84 Å². The SMILES string of the molecule is CN(C(=O)c1cccc(S(=O)(=O)N(C)c2ccc(S(C)(=O)=O)cc2)c1)c1ccc(Cl)cc1F. The molecule has 0 bridgehead atoms. The average molecular weight is 511 g/mol. The van der Waals surface area contributed by atoms with Crippen LogP contribution in [0.15, 0.2) is 76.5 Å². The highest BCUT2D eigenvalue weighted by molar-refractivity contribution is 7.92. The number of hydrogen-bond acceptors (Lipinski definition) is 5. The van der Waals surface area contributed by atoms with Crippen LogP contribution in [-0.2, 0) is 19.9 Å². The molecule has 0 fully saturated rings. The van der Waals surface area contributed by atoms with Gasteiger partial charge in [0, 0.05) is 30.9 Å². The van der Waals surface area contributed by atoms with Crippen molar-refractivity contribution in [2.24, 2.45) is 0 Å². The van der Waals surface area contributed by atoms with Crippen LogP contribution in [0, 0.1) is 5.82 Å². The Kier molecular flexibility index (Phi) is 6.83. The van der Waals surface area contributed by atoms with Crippen LogP contribution in [0.1, 0.15) is 10.4 Å². The number of nitrogens with zero attached hydrogens (tertiary/aromatic N) is 2. The molecule has 0 radical (unpaired) electrons. The van der Waals surface area contributed by atoms with Crippen LogP contribution in [0.2, 0.25) is 5.02 Å². The summed E-state index contributed by atoms with van der Waals surface area (Å²) in [6, 6.07) is 14.6. The van der Waals surface area contributed by atoms with Crippen LogP contribution in [0.25, 0.3) is 0 Å². The maximum Gasteiger partial charge on any atom is 0.264 e. The second kappa shape index (κ2) is 9.12. The smallest absolute Gasteiger partial charge is 0.264 e. The molecule has 0 aliphatic rings. The zero-order chi connectivity index (χ0) is 24.6. The summed E-state index contributed by atoms with van der Waals surface area (Å²) < 4.78 is 64.7. The quantitative estimate of drug-likeness (QED) is 0.500. The van der Waals surface area contributed by atoms with E-state index < -0.39 is 31.6 Å². The van der Waals surface area contributed by atoms with Gasteiger partial charge in [0.2, 0.25) is 0 Å². The number of benzene rings is 3. The Labute approximate surface area is 197 Å². The Balaban J connectivity index is 1.92. The molecule has 3 aromatic rings. The molecule has 0 atom stereocenters. The fourth-order valence-electron chi connectivity index (χ4n) is 3.05. The lowest BCUT2D eigenvalue weighted by atomic mass is 10.2. The van der Waals surface area contributed by atoms with Crippen molar-refractivity contribution in [1.82, 2.24) is 0 Å². The van der Waals surface area contributed by atoms with Crippen LogP contribution >= 0.6 is 11.6 Å². The largest absolute Gasteiger partial charge is 0.309 e. The minimum atomic E-state index is -4.08. The van der Waals surface area contributed by atoms with E-state index in [4.69, 9.17) is 11.6 Å². The molecular weight excluding hydrogens is 491 g/mol. The zero-order valence-electron chi connectivity index (χ0n) is 17.9. The van der Waals surface area contributed by atoms with Crippen molar-refractivity contribution in [2.45, 2.75) is 9.79 Å². The first kappa shape index (κ1) is 24.7. The second-order valence-corrected chi connectivity index (χ2v) is 11.6. The van der Waals surface area contributed by atoms with Crippen molar-refractivity contribution >= 4 is 48.7 Å². The highest BCUT2D eigenvalue weighted by Gasteiger charge is 2.24. The molecule has 0 aliphatic heterocycles. The van der Waals surface area contributed by atoms with Gasteiger partial charge in [-0.3, -0.25) is 9.10 Å². The van der Waals surface area contributed by atoms with Gasteiger partial charge in [-0.05, 0) is 60.7 Å². The number of amides is 1. The van der Waals surface area contributed by atoms with Crippen molar-refractivity contribution in [3.63, 3.8) is 0 Å². The van der Waals surface area contributed by atoms with E-state index in [-0.39, 0.29) is 31.8 Å². The summed E-state index contributed by atoms with van der Waals surface area (Å²) in [5.74, 6) is -1.31. The van der Waals surface area contributed by atoms with Crippen molar-refractivity contribution in [2.75, 3.05) is 29.6 Å². The number of halogens is 2. The average Bonchev–Trinajstić information content (AvgIpc) is 2.77. The highest BCUT2D eigenvalue weighted by atomic mass is 35.5. The molecule has 0 saturated carbocycles. The standard InChI is InChI=1S/C22H20ClFN2O5S2/c1-25(21-12-7-16(23)14-20(21)24)22(27)15-5-4-6-19(13-15)33(30,31)26(2)17-8-10-18(11-9-17)32(3,28)29/h4-14H,1-3H3. The molecule has 0 saturated heterocycles. The van der Waals surface area contributed by atoms with Gasteiger partial charge in [-0.2, -0.15) is 0 Å². The van der Waals surface area contributed by atoms with Crippen LogP contribution in [0.5, 0.6) is 0 Å². The third kappa shape index (κ3) is 5.18. The number of rotatable bonds is 6. The molecule has 0 spiro atoms. The predicted octanol–water partition coefficient (Wildman–Crippen LogP) is 3.98. The van der Waals surface area contributed by atoms with Crippen LogP contribution in [-0.4, -0.2) is 43.1 Å². The maximum atomic E-state index is 14.2. The third-order valence-electron chi connectivity index (χ3n) is 4.94. The minimum absolute atomic E-state index is 0.0132. The molecule has 7 nitrogen and oxygen atoms in total. The van der Waals surface area contributed by atoms with E-state index in [0.717, 1.165) is 21.5 Å². The first-order chi connectivity index (χ1) is 15.3. The van der Waals surface area contributed by atoms with Gasteiger partial charge >= 0.3 is 0 Å². The molecule has 0 N–H and O–H groups in total. The molecule has 1 amide bonds. The summed E-state index contributed by atoms with van der Waals surface area (Å²) in [5.41, 5.74) is 0.258. The Morgan fingerprint density at radius 1 is 0.879 bits per heavy atom. The third-order valence-corrected chi connectivity index (χ3v) is 8.09. The lowest BCUT2D eigenvalue weighted by Gasteiger charge is -2.21. The van der Waals surface area contributed by atoms with E-state index in [1.807, 2.05) is 0 Å². The summed E-state index contributed by atoms with van der Waals surface area (Å²) in [7, 11) is -4.83. The fourth-order valence-corrected chi connectivity index (χ4v) is 5.08. The van der Waals surface area contributed by atoms with Gasteiger partial charge in [-0.15, -0.1) is 0 Å². The van der Waals surface area contributed by atoms with E-state index in [1.165, 1.54) is 74.8 Å². The van der Waals surface area contributed by atoms with Gasteiger partial charge in [-0.25, -0.2) is 21.2 Å². The van der Waals surface area contributed by atoms with E-state index >= 15 is 0 Å². The molecule has 3 rings (SSSR count). The van der Waals surface area contributed by atoms with Gasteiger partial charge in [0.1, 0.15) is 5.82 Å². The number of carbonyl (C=O) groups excluding carboxylic acids is 1. The first-order valence-corrected chi connectivity index (χ1v) is 13.2. The minimum Gasteiger partial charge on any atom is -0.309 e. The lowest BCUT2D eigenvalue weighted by Crippen LogP contribution is -2.29. The van der Waals surface area contributed by atoms with Crippen molar-refractivity contribution in [1.29, 1.82) is 0 Å². The number of anilines is 2. The molecule has 0 aliphatic carbocycles. The first-order valence-electron chi connectivity index (χ1n) is 9.44. The fraction of sp³-hybridized carbons (Fsp3) is 0.136. The van der Waals surface area contributed by atoms with E-state index in [1.54, 1.807) is 0 Å². The summed E-state index contributed by atoms with van der Waals surface area (Å²) in [5, 5.41) is 0.179. The Hall–Kier alpha value is -2.95. The molecule has 0 aromatic heterocycles. The van der Waals surface area contributed by atoms with E-state index in [0.29, 0.717) is 0 Å². The molecule has 0 unspecified atom stereocenters. The monoisotopic (exact) mass is 510 g/mol. The summed E-state index contributed by atoms with van der Waals surface area (Å²) in [6.45, 7) is 0. The molecule has 33 heavy (non-hydrogen) atoms. The number of hydrogen-bond donors (Lipinski definition) is 0. The van der Waals surface area contributed by atoms with Gasteiger partial charge < -0.3 is 4.90 Å². The van der Waals surface area contributed by atoms with Crippen LogP contribution < -0.4 is 9.21 Å². The summed E-state index contributed by atoms with van der Waals surface area (Å²) in [4.78, 5) is 13.9. The molecule has 3 aromatic carbocycles. The van der Waals surface area contributed by atoms with Gasteiger partial charge in [0.25, 0.3) is 15.9 Å². The molecule has 174 valence electrons. The van der Waals surface area contributed by atoms with E-state index in [2.05, 4.69) is 0 Å². The van der Waals surface area contributed by atoms with Gasteiger partial charge in [-0.1, -0.05) is 17.7 Å². The van der Waals surface area contributed by atoms with Crippen molar-refractivity contribution in [3.05, 3.63) is 83.1 Å². The molecule has 11 heteroatoms. The number of sulfonamides is 1. The predicted molar refractivity (Wildman–Crippen MR) is 126 cm³/mol. The van der Waals surface area contributed by atoms with Crippen LogP contribution in [0.3, 0.4) is 0 Å². The second-order valence-electron chi connectivity index (χ2n) is 7.23. The Morgan fingerprint density at radius 3 is 2.09 bits per heavy atom. The summed E-state index contributed by atoms with van der Waals surface area (Å²) >= 11 is 5.76. The molecular formula is C22H20ClFN2O5S2. The number of sulfone groups is 1. The van der Waals surface area contributed by atoms with Crippen molar-refractivity contribution in [3.8, 4) is 0 Å². The normalized spacial score (nSPS) is 11.8. The van der Waals surface area contributed by atoms with Crippen molar-refractivity contribution < 1.29 is 26.0 Å².